The van der Waals surface area contributed by atoms with Crippen LogP contribution < -0.4 is 4.74 Å². The number of carbonyl (C=O) groups is 1. The Morgan fingerprint density at radius 1 is 1.05 bits per heavy atom. The zero-order valence-corrected chi connectivity index (χ0v) is 10.2. The molecule has 2 aromatic rings. The van der Waals surface area contributed by atoms with Gasteiger partial charge in [-0.15, -0.1) is 0 Å². The Bertz CT molecular complexity index is 534. The molecule has 0 aliphatic carbocycles. The van der Waals surface area contributed by atoms with Crippen LogP contribution >= 0.6 is 0 Å². The zero-order chi connectivity index (χ0) is 13.7. The average molecular weight is 258 g/mol. The largest absolute Gasteiger partial charge is 0.489 e. The second-order valence-corrected chi connectivity index (χ2v) is 4.08. The minimum Gasteiger partial charge on any atom is -0.489 e. The van der Waals surface area contributed by atoms with Crippen molar-refractivity contribution in [1.29, 1.82) is 0 Å². The van der Waals surface area contributed by atoms with Gasteiger partial charge in [-0.3, -0.25) is 0 Å². The highest BCUT2D eigenvalue weighted by molar-refractivity contribution is 5.74. The summed E-state index contributed by atoms with van der Waals surface area (Å²) < 4.78 is 5.56. The molecule has 2 aromatic carbocycles. The smallest absolute Gasteiger partial charge is 0.337 e. The Morgan fingerprint density at radius 2 is 1.68 bits per heavy atom. The van der Waals surface area contributed by atoms with Gasteiger partial charge >= 0.3 is 5.97 Å². The molecule has 1 unspecified atom stereocenters. The van der Waals surface area contributed by atoms with Crippen molar-refractivity contribution in [2.75, 3.05) is 0 Å². The highest BCUT2D eigenvalue weighted by Gasteiger charge is 2.15. The first-order valence-electron chi connectivity index (χ1n) is 5.84. The van der Waals surface area contributed by atoms with Crippen LogP contribution in [0.3, 0.4) is 0 Å². The van der Waals surface area contributed by atoms with Crippen LogP contribution in [0.2, 0.25) is 0 Å². The number of carboxylic acid groups (broad SMARTS) is 1. The van der Waals surface area contributed by atoms with Crippen molar-refractivity contribution >= 4 is 5.97 Å². The van der Waals surface area contributed by atoms with E-state index in [1.165, 1.54) is 0 Å². The van der Waals surface area contributed by atoms with Gasteiger partial charge in [-0.2, -0.15) is 0 Å². The van der Waals surface area contributed by atoms with E-state index in [4.69, 9.17) is 9.84 Å². The fraction of sp³-hybridized carbons (Fsp3) is 0.133. The molecule has 0 aromatic heterocycles. The van der Waals surface area contributed by atoms with Crippen LogP contribution in [0.4, 0.5) is 0 Å². The number of aliphatic hydroxyl groups is 1. The normalized spacial score (nSPS) is 11.8. The number of rotatable bonds is 5. The summed E-state index contributed by atoms with van der Waals surface area (Å²) in [6.45, 7) is 0.446. The number of aliphatic carboxylic acids is 1. The summed E-state index contributed by atoms with van der Waals surface area (Å²) in [5.74, 6) is -0.636. The topological polar surface area (TPSA) is 66.8 Å². The molecular formula is C15H14O4. The minimum atomic E-state index is -1.50. The van der Waals surface area contributed by atoms with Gasteiger partial charge in [0.25, 0.3) is 0 Å². The maximum Gasteiger partial charge on any atom is 0.337 e. The van der Waals surface area contributed by atoms with Gasteiger partial charge in [0.15, 0.2) is 6.10 Å². The molecule has 0 heterocycles. The van der Waals surface area contributed by atoms with E-state index in [9.17, 15) is 9.90 Å². The molecule has 4 heteroatoms. The monoisotopic (exact) mass is 258 g/mol. The van der Waals surface area contributed by atoms with Crippen LogP contribution in [0.5, 0.6) is 5.75 Å². The molecule has 0 spiro atoms. The molecular weight excluding hydrogens is 244 g/mol. The van der Waals surface area contributed by atoms with Crippen molar-refractivity contribution in [2.45, 2.75) is 12.7 Å². The van der Waals surface area contributed by atoms with Crippen molar-refractivity contribution in [2.24, 2.45) is 0 Å². The van der Waals surface area contributed by atoms with Crippen molar-refractivity contribution in [3.8, 4) is 5.75 Å². The van der Waals surface area contributed by atoms with E-state index in [0.29, 0.717) is 17.9 Å². The third-order valence-corrected chi connectivity index (χ3v) is 2.68. The number of benzene rings is 2. The van der Waals surface area contributed by atoms with E-state index in [1.807, 2.05) is 30.3 Å². The lowest BCUT2D eigenvalue weighted by Gasteiger charge is -2.09. The fourth-order valence-corrected chi connectivity index (χ4v) is 1.63. The van der Waals surface area contributed by atoms with E-state index in [-0.39, 0.29) is 0 Å². The summed E-state index contributed by atoms with van der Waals surface area (Å²) in [6, 6.07) is 16.1. The van der Waals surface area contributed by atoms with Crippen molar-refractivity contribution in [3.05, 3.63) is 65.7 Å². The number of hydrogen-bond acceptors (Lipinski definition) is 3. The summed E-state index contributed by atoms with van der Waals surface area (Å²) in [6.07, 6.45) is -1.50. The maximum atomic E-state index is 10.6. The molecule has 2 N–H and O–H groups in total. The predicted octanol–water partition coefficient (Wildman–Crippen LogP) is 2.38. The van der Waals surface area contributed by atoms with Crippen LogP contribution in [0.25, 0.3) is 0 Å². The van der Waals surface area contributed by atoms with Gasteiger partial charge in [0.05, 0.1) is 0 Å². The van der Waals surface area contributed by atoms with E-state index in [2.05, 4.69) is 0 Å². The molecule has 0 radical (unpaired) electrons. The third-order valence-electron chi connectivity index (χ3n) is 2.68. The quantitative estimate of drug-likeness (QED) is 0.864. The van der Waals surface area contributed by atoms with Crippen LogP contribution in [0.1, 0.15) is 17.2 Å². The molecule has 0 fully saturated rings. The molecule has 0 aliphatic heterocycles. The van der Waals surface area contributed by atoms with Gasteiger partial charge in [0.1, 0.15) is 12.4 Å². The summed E-state index contributed by atoms with van der Waals surface area (Å²) in [5.41, 5.74) is 1.39. The first kappa shape index (κ1) is 13.1. The summed E-state index contributed by atoms with van der Waals surface area (Å²) in [4.78, 5) is 10.6. The number of ether oxygens (including phenoxy) is 1. The van der Waals surface area contributed by atoms with E-state index >= 15 is 0 Å². The molecule has 1 atom stereocenters. The van der Waals surface area contributed by atoms with Gasteiger partial charge < -0.3 is 14.9 Å². The number of hydrogen-bond donors (Lipinski definition) is 2. The third kappa shape index (κ3) is 3.56. The molecule has 98 valence electrons. The lowest BCUT2D eigenvalue weighted by molar-refractivity contribution is -0.146. The van der Waals surface area contributed by atoms with Crippen LogP contribution in [0, 0.1) is 0 Å². The Morgan fingerprint density at radius 3 is 2.26 bits per heavy atom. The standard InChI is InChI=1S/C15H14O4/c16-14(15(17)18)12-6-8-13(9-7-12)19-10-11-4-2-1-3-5-11/h1-9,14,16H,10H2,(H,17,18). The Hall–Kier alpha value is -2.33. The van der Waals surface area contributed by atoms with Crippen molar-refractivity contribution in [1.82, 2.24) is 0 Å². The fourth-order valence-electron chi connectivity index (χ4n) is 1.63. The lowest BCUT2D eigenvalue weighted by atomic mass is 10.1. The van der Waals surface area contributed by atoms with E-state index in [0.717, 1.165) is 5.56 Å². The van der Waals surface area contributed by atoms with Crippen LogP contribution in [-0.4, -0.2) is 16.2 Å². The lowest BCUT2D eigenvalue weighted by Crippen LogP contribution is -2.10. The molecule has 0 aliphatic rings. The van der Waals surface area contributed by atoms with Crippen molar-refractivity contribution in [3.63, 3.8) is 0 Å². The summed E-state index contributed by atoms with van der Waals surface area (Å²) in [7, 11) is 0. The molecule has 4 nitrogen and oxygen atoms in total. The molecule has 2 rings (SSSR count). The highest BCUT2D eigenvalue weighted by atomic mass is 16.5. The van der Waals surface area contributed by atoms with Crippen molar-refractivity contribution < 1.29 is 19.7 Å². The second kappa shape index (κ2) is 6.02. The van der Waals surface area contributed by atoms with Gasteiger partial charge in [0.2, 0.25) is 0 Å². The predicted molar refractivity (Wildman–Crippen MR) is 69.8 cm³/mol. The van der Waals surface area contributed by atoms with E-state index < -0.39 is 12.1 Å². The highest BCUT2D eigenvalue weighted by Crippen LogP contribution is 2.18. The van der Waals surface area contributed by atoms with Gasteiger partial charge in [-0.1, -0.05) is 42.5 Å². The average Bonchev–Trinajstić information content (AvgIpc) is 2.46. The maximum absolute atomic E-state index is 10.6. The molecule has 0 bridgehead atoms. The van der Waals surface area contributed by atoms with Gasteiger partial charge in [-0.25, -0.2) is 4.79 Å². The SMILES string of the molecule is O=C(O)C(O)c1ccc(OCc2ccccc2)cc1. The second-order valence-electron chi connectivity index (χ2n) is 4.08. The first-order valence-corrected chi connectivity index (χ1v) is 5.84. The van der Waals surface area contributed by atoms with Gasteiger partial charge in [0, 0.05) is 0 Å². The molecule has 0 saturated carbocycles. The molecule has 0 saturated heterocycles. The number of aliphatic hydroxyl groups excluding tert-OH is 1. The number of carboxylic acids is 1. The zero-order valence-electron chi connectivity index (χ0n) is 10.2. The molecule has 19 heavy (non-hydrogen) atoms. The Balaban J connectivity index is 1.97. The molecule has 0 amide bonds. The van der Waals surface area contributed by atoms with Crippen LogP contribution in [0.15, 0.2) is 54.6 Å². The first-order chi connectivity index (χ1) is 9.16. The van der Waals surface area contributed by atoms with E-state index in [1.54, 1.807) is 24.3 Å². The summed E-state index contributed by atoms with van der Waals surface area (Å²) in [5, 5.41) is 18.0. The van der Waals surface area contributed by atoms with Gasteiger partial charge in [-0.05, 0) is 23.3 Å². The Kier molecular flexibility index (Phi) is 4.15. The summed E-state index contributed by atoms with van der Waals surface area (Å²) >= 11 is 0. The van der Waals surface area contributed by atoms with Crippen LogP contribution in [-0.2, 0) is 11.4 Å². The Labute approximate surface area is 110 Å². The minimum absolute atomic E-state index is 0.333.